The Morgan fingerprint density at radius 2 is 1.62 bits per heavy atom. The summed E-state index contributed by atoms with van der Waals surface area (Å²) in [5.41, 5.74) is 3.50. The second-order valence-electron chi connectivity index (χ2n) is 8.51. The predicted octanol–water partition coefficient (Wildman–Crippen LogP) is 5.45. The van der Waals surface area contributed by atoms with E-state index >= 15 is 0 Å². The Balaban J connectivity index is 1.74. The number of rotatable bonds is 8. The lowest BCUT2D eigenvalue weighted by Gasteiger charge is -2.25. The number of aryl methyl sites for hydroxylation is 1. The van der Waals surface area contributed by atoms with Crippen LogP contribution in [0.1, 0.15) is 41.6 Å². The topological polar surface area (TPSA) is 66.8 Å². The van der Waals surface area contributed by atoms with E-state index < -0.39 is 17.7 Å². The lowest BCUT2D eigenvalue weighted by molar-refractivity contribution is -0.139. The van der Waals surface area contributed by atoms with Crippen LogP contribution in [0.2, 0.25) is 0 Å². The van der Waals surface area contributed by atoms with Crippen molar-refractivity contribution in [3.8, 4) is 5.75 Å². The molecule has 1 aliphatic heterocycles. The third kappa shape index (κ3) is 4.88. The number of amides is 1. The molecule has 0 bridgehead atoms. The van der Waals surface area contributed by atoms with Crippen LogP contribution in [0.15, 0.2) is 84.4 Å². The maximum atomic E-state index is 13.2. The Labute approximate surface area is 200 Å². The highest BCUT2D eigenvalue weighted by Gasteiger charge is 2.45. The van der Waals surface area contributed by atoms with Gasteiger partial charge >= 0.3 is 0 Å². The number of ether oxygens (including phenoxy) is 1. The molecule has 3 aromatic rings. The van der Waals surface area contributed by atoms with Gasteiger partial charge in [-0.05, 0) is 43.0 Å². The zero-order valence-electron chi connectivity index (χ0n) is 19.5. The quantitative estimate of drug-likeness (QED) is 0.279. The Morgan fingerprint density at radius 3 is 2.26 bits per heavy atom. The van der Waals surface area contributed by atoms with Crippen molar-refractivity contribution in [3.05, 3.63) is 107 Å². The summed E-state index contributed by atoms with van der Waals surface area (Å²) in [5, 5.41) is 11.2. The minimum Gasteiger partial charge on any atom is -0.507 e. The summed E-state index contributed by atoms with van der Waals surface area (Å²) < 4.78 is 5.69. The maximum absolute atomic E-state index is 13.2. The number of carbonyl (C=O) groups is 2. The maximum Gasteiger partial charge on any atom is 0.295 e. The summed E-state index contributed by atoms with van der Waals surface area (Å²) in [5.74, 6) is -0.689. The van der Waals surface area contributed by atoms with E-state index in [4.69, 9.17) is 4.74 Å². The van der Waals surface area contributed by atoms with Crippen molar-refractivity contribution in [1.82, 2.24) is 4.90 Å². The molecule has 174 valence electrons. The fourth-order valence-electron chi connectivity index (χ4n) is 4.18. The molecule has 1 fully saturated rings. The van der Waals surface area contributed by atoms with E-state index in [9.17, 15) is 14.7 Å². The minimum atomic E-state index is -0.676. The molecule has 5 heteroatoms. The first kappa shape index (κ1) is 23.3. The van der Waals surface area contributed by atoms with Crippen LogP contribution in [-0.4, -0.2) is 34.8 Å². The molecular formula is C29H29NO4. The van der Waals surface area contributed by atoms with Gasteiger partial charge in [-0.3, -0.25) is 9.59 Å². The number of hydrogen-bond donors (Lipinski definition) is 1. The average molecular weight is 456 g/mol. The number of carbonyl (C=O) groups excluding carboxylic acids is 2. The van der Waals surface area contributed by atoms with Crippen LogP contribution >= 0.6 is 0 Å². The fraction of sp³-hybridized carbons (Fsp3) is 0.241. The van der Waals surface area contributed by atoms with Gasteiger partial charge in [0.2, 0.25) is 0 Å². The molecule has 5 nitrogen and oxygen atoms in total. The molecule has 1 saturated heterocycles. The Bertz CT molecular complexity index is 1180. The largest absolute Gasteiger partial charge is 0.507 e. The van der Waals surface area contributed by atoms with Gasteiger partial charge in [0.05, 0.1) is 18.2 Å². The molecule has 1 amide bonds. The van der Waals surface area contributed by atoms with E-state index in [1.165, 1.54) is 0 Å². The minimum absolute atomic E-state index is 0.115. The average Bonchev–Trinajstić information content (AvgIpc) is 3.12. The van der Waals surface area contributed by atoms with E-state index in [0.717, 1.165) is 28.9 Å². The number of Topliss-reactive ketones (excluding diaryl/α,β-unsaturated/α-hetero) is 1. The smallest absolute Gasteiger partial charge is 0.295 e. The molecule has 4 rings (SSSR count). The Hall–Kier alpha value is -3.86. The van der Waals surface area contributed by atoms with Crippen LogP contribution in [0, 0.1) is 6.92 Å². The number of nitrogens with zero attached hydrogens (tertiary/aromatic N) is 1. The third-order valence-electron chi connectivity index (χ3n) is 6.02. The Morgan fingerprint density at radius 1 is 0.941 bits per heavy atom. The first-order chi connectivity index (χ1) is 16.5. The lowest BCUT2D eigenvalue weighted by Crippen LogP contribution is -2.31. The van der Waals surface area contributed by atoms with Gasteiger partial charge in [0, 0.05) is 12.1 Å². The summed E-state index contributed by atoms with van der Waals surface area (Å²) >= 11 is 0. The number of likely N-dealkylation sites (tertiary alicyclic amines) is 1. The van der Waals surface area contributed by atoms with Crippen LogP contribution < -0.4 is 4.74 Å². The number of benzene rings is 3. The molecule has 0 saturated carbocycles. The van der Waals surface area contributed by atoms with Crippen molar-refractivity contribution in [2.75, 3.05) is 13.2 Å². The molecule has 1 heterocycles. The molecule has 34 heavy (non-hydrogen) atoms. The normalized spacial score (nSPS) is 17.2. The van der Waals surface area contributed by atoms with Gasteiger partial charge in [-0.15, -0.1) is 0 Å². The SMILES string of the molecule is CCCOc1ccc(C2/C(=C(\O)c3ccc(C)cc3)C(=O)C(=O)N2CCc2ccccc2)cc1. The van der Waals surface area contributed by atoms with Crippen molar-refractivity contribution in [3.63, 3.8) is 0 Å². The van der Waals surface area contributed by atoms with Crippen LogP contribution in [0.5, 0.6) is 5.75 Å². The third-order valence-corrected chi connectivity index (χ3v) is 6.02. The number of aliphatic hydroxyl groups excluding tert-OH is 1. The van der Waals surface area contributed by atoms with Crippen molar-refractivity contribution >= 4 is 17.4 Å². The van der Waals surface area contributed by atoms with Crippen molar-refractivity contribution in [2.45, 2.75) is 32.7 Å². The van der Waals surface area contributed by atoms with E-state index in [-0.39, 0.29) is 11.3 Å². The highest BCUT2D eigenvalue weighted by molar-refractivity contribution is 6.46. The molecule has 0 aromatic heterocycles. The van der Waals surface area contributed by atoms with E-state index in [0.29, 0.717) is 25.1 Å². The zero-order valence-corrected chi connectivity index (χ0v) is 19.5. The predicted molar refractivity (Wildman–Crippen MR) is 133 cm³/mol. The van der Waals surface area contributed by atoms with Gasteiger partial charge in [-0.25, -0.2) is 0 Å². The highest BCUT2D eigenvalue weighted by atomic mass is 16.5. The van der Waals surface area contributed by atoms with Crippen LogP contribution in [0.3, 0.4) is 0 Å². The van der Waals surface area contributed by atoms with Gasteiger partial charge in [0.1, 0.15) is 11.5 Å². The molecule has 0 spiro atoms. The van der Waals surface area contributed by atoms with Crippen molar-refractivity contribution in [1.29, 1.82) is 0 Å². The molecule has 0 aliphatic carbocycles. The second kappa shape index (κ2) is 10.4. The molecule has 1 unspecified atom stereocenters. The molecule has 1 N–H and O–H groups in total. The Kier molecular flexibility index (Phi) is 7.12. The summed E-state index contributed by atoms with van der Waals surface area (Å²) in [6.07, 6.45) is 1.50. The second-order valence-corrected chi connectivity index (χ2v) is 8.51. The van der Waals surface area contributed by atoms with Crippen LogP contribution in [0.25, 0.3) is 5.76 Å². The van der Waals surface area contributed by atoms with Gasteiger partial charge in [-0.1, -0.05) is 79.2 Å². The highest BCUT2D eigenvalue weighted by Crippen LogP contribution is 2.40. The lowest BCUT2D eigenvalue weighted by atomic mass is 9.95. The van der Waals surface area contributed by atoms with Gasteiger partial charge in [-0.2, -0.15) is 0 Å². The molecule has 1 aliphatic rings. The standard InChI is InChI=1S/C29H29NO4/c1-3-19-34-24-15-13-22(14-16-24)26-25(27(31)23-11-9-20(2)10-12-23)28(32)29(33)30(26)18-17-21-7-5-4-6-8-21/h4-16,26,31H,3,17-19H2,1-2H3/b27-25+. The first-order valence-corrected chi connectivity index (χ1v) is 11.6. The summed E-state index contributed by atoms with van der Waals surface area (Å²) in [7, 11) is 0. The van der Waals surface area contributed by atoms with Gasteiger partial charge in [0.25, 0.3) is 11.7 Å². The first-order valence-electron chi connectivity index (χ1n) is 11.6. The fourth-order valence-corrected chi connectivity index (χ4v) is 4.18. The number of hydrogen-bond acceptors (Lipinski definition) is 4. The molecular weight excluding hydrogens is 426 g/mol. The van der Waals surface area contributed by atoms with Crippen molar-refractivity contribution in [2.24, 2.45) is 0 Å². The summed E-state index contributed by atoms with van der Waals surface area (Å²) in [6.45, 7) is 4.97. The van der Waals surface area contributed by atoms with E-state index in [2.05, 4.69) is 0 Å². The monoisotopic (exact) mass is 455 g/mol. The van der Waals surface area contributed by atoms with E-state index in [1.54, 1.807) is 17.0 Å². The summed E-state index contributed by atoms with van der Waals surface area (Å²) in [4.78, 5) is 27.9. The molecule has 0 radical (unpaired) electrons. The van der Waals surface area contributed by atoms with Gasteiger partial charge in [0.15, 0.2) is 0 Å². The van der Waals surface area contributed by atoms with Crippen LogP contribution in [-0.2, 0) is 16.0 Å². The zero-order chi connectivity index (χ0) is 24.1. The molecule has 3 aromatic carbocycles. The van der Waals surface area contributed by atoms with E-state index in [1.807, 2.05) is 80.6 Å². The van der Waals surface area contributed by atoms with Crippen molar-refractivity contribution < 1.29 is 19.4 Å². The van der Waals surface area contributed by atoms with Crippen LogP contribution in [0.4, 0.5) is 0 Å². The molecule has 1 atom stereocenters. The van der Waals surface area contributed by atoms with Gasteiger partial charge < -0.3 is 14.7 Å². The summed E-state index contributed by atoms with van der Waals surface area (Å²) in [6, 6.07) is 23.8. The number of ketones is 1. The number of aliphatic hydroxyl groups is 1.